The van der Waals surface area contributed by atoms with Gasteiger partial charge in [-0.15, -0.1) is 0 Å². The Hall–Kier alpha value is -2.40. The number of hydrogen-bond acceptors (Lipinski definition) is 4. The van der Waals surface area contributed by atoms with Crippen molar-refractivity contribution in [1.82, 2.24) is 15.2 Å². The number of aryl methyl sites for hydroxylation is 1. The van der Waals surface area contributed by atoms with Crippen LogP contribution < -0.4 is 10.2 Å². The molecule has 2 aromatic rings. The molecule has 0 spiro atoms. The molecular weight excluding hydrogens is 348 g/mol. The number of amides is 1. The molecule has 1 saturated heterocycles. The van der Waals surface area contributed by atoms with Crippen LogP contribution in [-0.2, 0) is 6.42 Å². The smallest absolute Gasteiger partial charge is 0.255 e. The highest BCUT2D eigenvalue weighted by Gasteiger charge is 2.21. The second kappa shape index (κ2) is 9.69. The number of rotatable bonds is 7. The first kappa shape index (κ1) is 20.3. The van der Waals surface area contributed by atoms with Crippen molar-refractivity contribution in [1.29, 1.82) is 0 Å². The maximum atomic E-state index is 13.0. The maximum Gasteiger partial charge on any atom is 0.255 e. The average Bonchev–Trinajstić information content (AvgIpc) is 2.74. The summed E-state index contributed by atoms with van der Waals surface area (Å²) in [5.41, 5.74) is 3.21. The van der Waals surface area contributed by atoms with Crippen LogP contribution in [0.2, 0.25) is 0 Å². The van der Waals surface area contributed by atoms with Crippen LogP contribution in [-0.4, -0.2) is 49.5 Å². The molecule has 5 heteroatoms. The summed E-state index contributed by atoms with van der Waals surface area (Å²) >= 11 is 0. The lowest BCUT2D eigenvalue weighted by molar-refractivity contribution is 0.0942. The van der Waals surface area contributed by atoms with Gasteiger partial charge < -0.3 is 15.1 Å². The van der Waals surface area contributed by atoms with Crippen LogP contribution in [0.4, 0.5) is 5.82 Å². The molecule has 28 heavy (non-hydrogen) atoms. The van der Waals surface area contributed by atoms with Crippen LogP contribution >= 0.6 is 0 Å². The van der Waals surface area contributed by atoms with E-state index in [9.17, 15) is 4.79 Å². The topological polar surface area (TPSA) is 48.5 Å². The van der Waals surface area contributed by atoms with Gasteiger partial charge in [0.1, 0.15) is 5.82 Å². The molecule has 1 amide bonds. The van der Waals surface area contributed by atoms with Crippen molar-refractivity contribution < 1.29 is 4.79 Å². The highest BCUT2D eigenvalue weighted by Crippen LogP contribution is 2.22. The van der Waals surface area contributed by atoms with E-state index < -0.39 is 0 Å². The van der Waals surface area contributed by atoms with E-state index in [0.29, 0.717) is 12.1 Å². The number of carbonyl (C=O) groups is 1. The molecule has 0 bridgehead atoms. The molecule has 1 atom stereocenters. The van der Waals surface area contributed by atoms with Crippen LogP contribution in [0.15, 0.2) is 42.6 Å². The number of benzene rings is 1. The zero-order valence-electron chi connectivity index (χ0n) is 17.3. The summed E-state index contributed by atoms with van der Waals surface area (Å²) in [6, 6.07) is 12.5. The summed E-state index contributed by atoms with van der Waals surface area (Å²) in [4.78, 5) is 21.9. The van der Waals surface area contributed by atoms with Gasteiger partial charge in [-0.05, 0) is 63.0 Å². The minimum atomic E-state index is -0.0503. The summed E-state index contributed by atoms with van der Waals surface area (Å²) in [6.45, 7) is 4.67. The first-order valence-electron chi connectivity index (χ1n) is 10.3. The number of likely N-dealkylation sites (N-methyl/N-ethyl adjacent to an activating group) is 1. The number of aromatic nitrogens is 1. The van der Waals surface area contributed by atoms with E-state index in [-0.39, 0.29) is 11.9 Å². The molecule has 2 heterocycles. The first-order valence-corrected chi connectivity index (χ1v) is 10.3. The summed E-state index contributed by atoms with van der Waals surface area (Å²) in [6.07, 6.45) is 6.39. The zero-order valence-corrected chi connectivity index (χ0v) is 17.3. The number of nitrogens with zero attached hydrogens (tertiary/aromatic N) is 3. The van der Waals surface area contributed by atoms with E-state index in [4.69, 9.17) is 0 Å². The Balaban J connectivity index is 1.71. The van der Waals surface area contributed by atoms with Crippen LogP contribution in [0, 0.1) is 0 Å². The SMILES string of the molecule is CCc1ccc(C(CNC(=O)c2cccnc2N2CCCCC2)N(C)C)cc1. The van der Waals surface area contributed by atoms with Gasteiger partial charge in [-0.3, -0.25) is 4.79 Å². The van der Waals surface area contributed by atoms with Crippen LogP contribution in [0.3, 0.4) is 0 Å². The minimum Gasteiger partial charge on any atom is -0.356 e. The fourth-order valence-electron chi connectivity index (χ4n) is 3.79. The van der Waals surface area contributed by atoms with Gasteiger partial charge in [0.25, 0.3) is 5.91 Å². The zero-order chi connectivity index (χ0) is 19.9. The quantitative estimate of drug-likeness (QED) is 0.796. The number of hydrogen-bond donors (Lipinski definition) is 1. The molecular formula is C23H32N4O. The molecule has 1 aromatic carbocycles. The molecule has 1 aromatic heterocycles. The second-order valence-electron chi connectivity index (χ2n) is 7.71. The lowest BCUT2D eigenvalue weighted by Gasteiger charge is -2.29. The molecule has 0 saturated carbocycles. The number of nitrogens with one attached hydrogen (secondary N) is 1. The van der Waals surface area contributed by atoms with Gasteiger partial charge in [-0.1, -0.05) is 31.2 Å². The van der Waals surface area contributed by atoms with E-state index in [1.165, 1.54) is 17.5 Å². The van der Waals surface area contributed by atoms with Gasteiger partial charge in [0.05, 0.1) is 11.6 Å². The van der Waals surface area contributed by atoms with Crippen molar-refractivity contribution in [2.45, 2.75) is 38.6 Å². The largest absolute Gasteiger partial charge is 0.356 e. The maximum absolute atomic E-state index is 13.0. The van der Waals surface area contributed by atoms with E-state index >= 15 is 0 Å². The summed E-state index contributed by atoms with van der Waals surface area (Å²) in [7, 11) is 4.10. The third-order valence-electron chi connectivity index (χ3n) is 5.54. The Morgan fingerprint density at radius 3 is 2.50 bits per heavy atom. The Bertz CT molecular complexity index is 766. The van der Waals surface area contributed by atoms with E-state index in [0.717, 1.165) is 38.2 Å². The second-order valence-corrected chi connectivity index (χ2v) is 7.71. The van der Waals surface area contributed by atoms with Crippen LogP contribution in [0.1, 0.15) is 53.7 Å². The van der Waals surface area contributed by atoms with Gasteiger partial charge in [0.15, 0.2) is 0 Å². The fourth-order valence-corrected chi connectivity index (χ4v) is 3.79. The number of piperidine rings is 1. The molecule has 1 unspecified atom stereocenters. The third-order valence-corrected chi connectivity index (χ3v) is 5.54. The third kappa shape index (κ3) is 4.90. The normalized spacial score (nSPS) is 15.5. The van der Waals surface area contributed by atoms with E-state index in [2.05, 4.69) is 51.3 Å². The molecule has 3 rings (SSSR count). The Labute approximate surface area is 168 Å². The van der Waals surface area contributed by atoms with Gasteiger partial charge in [-0.2, -0.15) is 0 Å². The van der Waals surface area contributed by atoms with Gasteiger partial charge >= 0.3 is 0 Å². The summed E-state index contributed by atoms with van der Waals surface area (Å²) < 4.78 is 0. The number of pyridine rings is 1. The molecule has 1 aliphatic rings. The van der Waals surface area contributed by atoms with Gasteiger partial charge in [0, 0.05) is 25.8 Å². The van der Waals surface area contributed by atoms with Crippen molar-refractivity contribution in [2.24, 2.45) is 0 Å². The fraction of sp³-hybridized carbons (Fsp3) is 0.478. The Kier molecular flexibility index (Phi) is 7.04. The lowest BCUT2D eigenvalue weighted by Crippen LogP contribution is -2.36. The molecule has 5 nitrogen and oxygen atoms in total. The standard InChI is InChI=1S/C23H32N4O/c1-4-18-10-12-19(13-11-18)21(26(2)3)17-25-23(28)20-9-8-14-24-22(20)27-15-6-5-7-16-27/h8-14,21H,4-7,15-17H2,1-3H3,(H,25,28). The molecule has 1 aliphatic heterocycles. The van der Waals surface area contributed by atoms with Crippen molar-refractivity contribution >= 4 is 11.7 Å². The molecule has 150 valence electrons. The predicted molar refractivity (Wildman–Crippen MR) is 115 cm³/mol. The lowest BCUT2D eigenvalue weighted by atomic mass is 10.0. The van der Waals surface area contributed by atoms with Gasteiger partial charge in [0.2, 0.25) is 0 Å². The van der Waals surface area contributed by atoms with Crippen LogP contribution in [0.25, 0.3) is 0 Å². The van der Waals surface area contributed by atoms with Crippen molar-refractivity contribution in [2.75, 3.05) is 38.6 Å². The summed E-state index contributed by atoms with van der Waals surface area (Å²) in [5, 5.41) is 3.14. The van der Waals surface area contributed by atoms with E-state index in [1.54, 1.807) is 6.20 Å². The van der Waals surface area contributed by atoms with Crippen molar-refractivity contribution in [3.63, 3.8) is 0 Å². The minimum absolute atomic E-state index is 0.0503. The molecule has 1 fully saturated rings. The Morgan fingerprint density at radius 1 is 1.14 bits per heavy atom. The number of anilines is 1. The summed E-state index contributed by atoms with van der Waals surface area (Å²) in [5.74, 6) is 0.763. The predicted octanol–water partition coefficient (Wildman–Crippen LogP) is 3.67. The molecule has 0 radical (unpaired) electrons. The van der Waals surface area contributed by atoms with E-state index in [1.807, 2.05) is 26.2 Å². The number of carbonyl (C=O) groups excluding carboxylic acids is 1. The highest BCUT2D eigenvalue weighted by molar-refractivity contribution is 5.98. The van der Waals surface area contributed by atoms with Crippen molar-refractivity contribution in [3.8, 4) is 0 Å². The van der Waals surface area contributed by atoms with Crippen molar-refractivity contribution in [3.05, 3.63) is 59.3 Å². The molecule has 0 aliphatic carbocycles. The van der Waals surface area contributed by atoms with Gasteiger partial charge in [-0.25, -0.2) is 4.98 Å². The Morgan fingerprint density at radius 2 is 1.86 bits per heavy atom. The van der Waals surface area contributed by atoms with Crippen LogP contribution in [0.5, 0.6) is 0 Å². The highest BCUT2D eigenvalue weighted by atomic mass is 16.1. The monoisotopic (exact) mass is 380 g/mol. The average molecular weight is 381 g/mol. The molecule has 1 N–H and O–H groups in total. The first-order chi connectivity index (χ1) is 13.6.